The second-order valence-corrected chi connectivity index (χ2v) is 32.9. The molecule has 0 bridgehead atoms. The number of nitrogens with zero attached hydrogens (tertiary/aromatic N) is 1. The Hall–Kier alpha value is -10.4. The van der Waals surface area contributed by atoms with Crippen molar-refractivity contribution in [2.75, 3.05) is 45.7 Å². The normalized spacial score (nSPS) is 13.6. The Kier molecular flexibility index (Phi) is 30.5. The quantitative estimate of drug-likeness (QED) is 0.0111. The van der Waals surface area contributed by atoms with Crippen LogP contribution in [0.3, 0.4) is 0 Å². The number of ether oxygens (including phenoxy) is 1. The Morgan fingerprint density at radius 3 is 1.06 bits per heavy atom. The molecule has 10 amide bonds. The summed E-state index contributed by atoms with van der Waals surface area (Å²) in [5.74, 6) is -5.11. The van der Waals surface area contributed by atoms with Gasteiger partial charge in [0.2, 0.25) is 11.8 Å². The molecule has 5 aliphatic rings. The summed E-state index contributed by atoms with van der Waals surface area (Å²) in [5, 5.41) is 36.0. The number of amides is 10. The molecule has 13 rings (SSSR count). The predicted octanol–water partition coefficient (Wildman–Crippen LogP) is 13.4. The van der Waals surface area contributed by atoms with Gasteiger partial charge in [-0.2, -0.15) is 11.8 Å². The molecule has 34 heteroatoms. The van der Waals surface area contributed by atoms with E-state index in [0.29, 0.717) is 81.0 Å². The number of halogens is 1. The number of hydrogen-bond donors (Lipinski definition) is 11. The highest BCUT2D eigenvalue weighted by Gasteiger charge is 2.31. The van der Waals surface area contributed by atoms with Crippen molar-refractivity contribution in [3.05, 3.63) is 202 Å². The van der Waals surface area contributed by atoms with Crippen molar-refractivity contribution >= 4 is 182 Å². The first-order chi connectivity index (χ1) is 53.2. The first-order valence-electron chi connectivity index (χ1n) is 35.5. The van der Waals surface area contributed by atoms with Crippen LogP contribution in [0.4, 0.5) is 30.7 Å². The van der Waals surface area contributed by atoms with Gasteiger partial charge in [0.1, 0.15) is 25.0 Å². The number of nitro groups is 1. The van der Waals surface area contributed by atoms with Crippen molar-refractivity contribution in [1.82, 2.24) is 0 Å². The van der Waals surface area contributed by atoms with Crippen LogP contribution in [-0.4, -0.2) is 100 Å². The number of carboxylic acid groups (broad SMARTS) is 1. The molecule has 8 aromatic rings. The van der Waals surface area contributed by atoms with E-state index >= 15 is 0 Å². The van der Waals surface area contributed by atoms with E-state index in [0.717, 1.165) is 195 Å². The molecular weight excluding hydrogens is 1560 g/mol. The smallest absolute Gasteiger partial charge is 0.337 e. The number of thiophene rings is 5. The Bertz CT molecular complexity index is 4920. The third-order valence-corrected chi connectivity index (χ3v) is 25.3. The zero-order valence-electron chi connectivity index (χ0n) is 60.6. The zero-order chi connectivity index (χ0) is 80.2. The lowest BCUT2D eigenvalue weighted by atomic mass is 10.1. The first-order valence-corrected chi connectivity index (χ1v) is 41.4. The monoisotopic (exact) mass is 1640 g/mol. The van der Waals surface area contributed by atoms with Crippen molar-refractivity contribution in [1.29, 1.82) is 0 Å². The molecule has 5 aromatic heterocycles. The minimum absolute atomic E-state index is 0.0493. The molecule has 111 heavy (non-hydrogen) atoms. The summed E-state index contributed by atoms with van der Waals surface area (Å²) < 4.78 is 4.62. The van der Waals surface area contributed by atoms with Gasteiger partial charge >= 0.3 is 11.9 Å². The molecule has 0 spiro atoms. The third-order valence-electron chi connectivity index (χ3n) is 18.4. The first kappa shape index (κ1) is 84.6. The maximum absolute atomic E-state index is 12.4. The highest BCUT2D eigenvalue weighted by Crippen LogP contribution is 2.43. The fraction of sp³-hybridized carbons (Fsp3) is 0.325. The molecular formula is C77H82ClN11O16S6. The van der Waals surface area contributed by atoms with Gasteiger partial charge in [-0.25, -0.2) is 9.59 Å². The number of hydrogen-bond acceptors (Lipinski definition) is 21. The number of aryl methyl sites for hydroxylation is 5. The second-order valence-electron chi connectivity index (χ2n) is 25.9. The van der Waals surface area contributed by atoms with Gasteiger partial charge in [0.25, 0.3) is 52.9 Å². The zero-order valence-corrected chi connectivity index (χ0v) is 66.2. The maximum Gasteiger partial charge on any atom is 0.337 e. The van der Waals surface area contributed by atoms with Crippen LogP contribution in [0.2, 0.25) is 5.02 Å². The summed E-state index contributed by atoms with van der Waals surface area (Å²) in [7, 11) is 1.30. The largest absolute Gasteiger partial charge is 0.478 e. The van der Waals surface area contributed by atoms with E-state index in [-0.39, 0.29) is 29.0 Å². The van der Waals surface area contributed by atoms with Crippen molar-refractivity contribution in [2.45, 2.75) is 141 Å². The van der Waals surface area contributed by atoms with Crippen molar-refractivity contribution in [2.24, 2.45) is 28.7 Å². The number of methoxy groups -OCH3 is 1. The average molecular weight is 1650 g/mol. The lowest BCUT2D eigenvalue weighted by molar-refractivity contribution is -0.384. The predicted molar refractivity (Wildman–Crippen MR) is 435 cm³/mol. The number of non-ortho nitro benzene ring substituents is 1. The Morgan fingerprint density at radius 2 is 0.739 bits per heavy atom. The van der Waals surface area contributed by atoms with Gasteiger partial charge in [-0.1, -0.05) is 30.9 Å². The molecule has 5 aliphatic carbocycles. The summed E-state index contributed by atoms with van der Waals surface area (Å²) in [4.78, 5) is 157. The number of rotatable bonds is 20. The Balaban J connectivity index is 0.000000160. The van der Waals surface area contributed by atoms with E-state index in [1.807, 2.05) is 6.26 Å². The van der Waals surface area contributed by atoms with Crippen LogP contribution in [0.15, 0.2) is 84.9 Å². The topological polar surface area (TPSA) is 468 Å². The molecule has 584 valence electrons. The molecule has 3 aromatic carbocycles. The highest BCUT2D eigenvalue weighted by molar-refractivity contribution is 7.98. The number of carboxylic acids is 1. The van der Waals surface area contributed by atoms with Crippen molar-refractivity contribution in [3.8, 4) is 0 Å². The number of anilines is 5. The molecule has 0 radical (unpaired) electrons. The molecule has 0 fully saturated rings. The minimum Gasteiger partial charge on any atom is -0.478 e. The summed E-state index contributed by atoms with van der Waals surface area (Å²) >= 11 is 14.6. The number of nitrogens with two attached hydrogens (primary N) is 5. The fourth-order valence-corrected chi connectivity index (χ4v) is 20.2. The number of primary amides is 5. The molecule has 0 saturated heterocycles. The van der Waals surface area contributed by atoms with Crippen LogP contribution in [0.5, 0.6) is 0 Å². The number of nitro benzene ring substituents is 1. The number of aliphatic carboxylic acids is 1. The van der Waals surface area contributed by atoms with Gasteiger partial charge in [0, 0.05) is 82.6 Å². The molecule has 16 N–H and O–H groups in total. The average Bonchev–Trinajstić information content (AvgIpc) is 1.65. The lowest BCUT2D eigenvalue weighted by Crippen LogP contribution is -2.18. The van der Waals surface area contributed by atoms with Gasteiger partial charge in [-0.3, -0.25) is 58.1 Å². The number of nitrogens with one attached hydrogen (secondary N) is 5. The Morgan fingerprint density at radius 1 is 0.441 bits per heavy atom. The Labute approximate surface area is 667 Å². The van der Waals surface area contributed by atoms with Gasteiger partial charge < -0.3 is 65.1 Å². The van der Waals surface area contributed by atoms with Gasteiger partial charge in [0.15, 0.2) is 0 Å². The number of carbonyl (C=O) groups excluding carboxylic acids is 11. The van der Waals surface area contributed by atoms with Crippen LogP contribution in [-0.2, 0) is 83.3 Å². The fourth-order valence-electron chi connectivity index (χ4n) is 13.2. The standard InChI is InChI=1S/C17H17ClN2O2S.C17H17N3O4S.C17H16N2O4S.C14H16N2O4S.C12H16N2O2S2/c18-11-8-6-10(7-9-11)16(22)20-17-14(15(19)21)12-4-2-1-3-5-13(12)23-17;18-15(21)14-12-4-2-1-3-5-13(12)25-17(14)19-16(22)10-6-8-11(9-7-10)20(23)24;1-23-17(22)10-7-5-9(6-8-10)15(21)19-16-13(14(18)20)11-3-2-4-12(11)24-16;15-13(20)12-8-4-2-1-3-5-9(8)21-14(12)16-10(17)6-7-11(18)19;1-17-6-5-9(15)14-12-10(11(13)16)7-3-2-4-8(7)18-12/h6-9H,1-5H2,(H2,19,21)(H,20,22);6-9H,1-5H2,(H2,18,21)(H,19,22);5-8H,2-4H2,1H3,(H2,18,20)(H,19,21);6-7H,1-5H2,(H2,15,20)(H,16,17)(H,18,19);2-6H2,1H3,(H2,13,16)(H,14,15)/b;;;7-6+;. The molecule has 27 nitrogen and oxygen atoms in total. The van der Waals surface area contributed by atoms with Crippen molar-refractivity contribution in [3.63, 3.8) is 0 Å². The van der Waals surface area contributed by atoms with E-state index in [2.05, 4.69) is 31.3 Å². The van der Waals surface area contributed by atoms with Gasteiger partial charge in [-0.05, 0) is 210 Å². The van der Waals surface area contributed by atoms with E-state index in [4.69, 9.17) is 45.4 Å². The van der Waals surface area contributed by atoms with Gasteiger partial charge in [0.05, 0.1) is 45.4 Å². The van der Waals surface area contributed by atoms with Crippen molar-refractivity contribution < 1.29 is 72.3 Å². The summed E-state index contributed by atoms with van der Waals surface area (Å²) in [5.41, 5.74) is 36.0. The third kappa shape index (κ3) is 22.2. The highest BCUT2D eigenvalue weighted by atomic mass is 35.5. The van der Waals surface area contributed by atoms with E-state index in [1.54, 1.807) is 36.0 Å². The van der Waals surface area contributed by atoms with E-state index < -0.39 is 58.2 Å². The van der Waals surface area contributed by atoms with E-state index in [1.165, 1.54) is 122 Å². The van der Waals surface area contributed by atoms with Crippen LogP contribution in [0, 0.1) is 10.1 Å². The van der Waals surface area contributed by atoms with Crippen LogP contribution in [0.1, 0.15) is 222 Å². The van der Waals surface area contributed by atoms with Crippen LogP contribution < -0.4 is 55.3 Å². The van der Waals surface area contributed by atoms with Gasteiger partial charge in [-0.15, -0.1) is 56.7 Å². The molecule has 5 heterocycles. The second kappa shape index (κ2) is 40.0. The van der Waals surface area contributed by atoms with E-state index in [9.17, 15) is 67.6 Å². The number of carbonyl (C=O) groups is 12. The molecule has 0 unspecified atom stereocenters. The molecule has 0 saturated carbocycles. The van der Waals surface area contributed by atoms with Crippen LogP contribution in [0.25, 0.3) is 0 Å². The number of thioether (sulfide) groups is 1. The summed E-state index contributed by atoms with van der Waals surface area (Å²) in [6.45, 7) is 0. The summed E-state index contributed by atoms with van der Waals surface area (Å²) in [6, 6.07) is 18.0. The van der Waals surface area contributed by atoms with Crippen LogP contribution >= 0.6 is 80.0 Å². The number of benzene rings is 3. The number of fused-ring (bicyclic) bond motifs is 5. The molecule has 0 atom stereocenters. The summed E-state index contributed by atoms with van der Waals surface area (Å²) in [6.07, 6.45) is 24.5. The lowest BCUT2D eigenvalue weighted by Gasteiger charge is -2.06. The number of esters is 1. The minimum atomic E-state index is -1.21. The maximum atomic E-state index is 12.4. The SMILES string of the molecule is COC(=O)c1ccc(C(=O)Nc2sc3c(c2C(N)=O)CCC3)cc1.CSCCC(=O)Nc1sc2c(c1C(N)=O)CCC2.NC(=O)c1c(NC(=O)/C=C/C(=O)O)sc2c1CCCCC2.NC(=O)c1c(NC(=O)c2ccc(Cl)cc2)sc2c1CCCCC2.NC(=O)c1c(NC(=O)c2ccc([N+](=O)[O-])cc2)sc2c1CCCCC2. The molecule has 0 aliphatic heterocycles.